The number of benzene rings is 1. The van der Waals surface area contributed by atoms with Crippen LogP contribution in [0, 0.1) is 0 Å². The summed E-state index contributed by atoms with van der Waals surface area (Å²) in [4.78, 5) is 40.1. The molecule has 1 aliphatic rings. The van der Waals surface area contributed by atoms with E-state index in [1.54, 1.807) is 6.07 Å². The number of rotatable bonds is 5. The van der Waals surface area contributed by atoms with Crippen LogP contribution in [-0.2, 0) is 15.8 Å². The maximum atomic E-state index is 13.0. The number of anilines is 1. The second kappa shape index (κ2) is 9.01. The number of alkyl halides is 3. The highest BCUT2D eigenvalue weighted by Crippen LogP contribution is 2.36. The molecule has 1 fully saturated rings. The van der Waals surface area contributed by atoms with E-state index in [4.69, 9.17) is 16.0 Å². The number of likely N-dealkylation sites (tertiary alicyclic amines) is 1. The van der Waals surface area contributed by atoms with Gasteiger partial charge in [0.15, 0.2) is 5.76 Å². The van der Waals surface area contributed by atoms with E-state index in [0.29, 0.717) is 19.4 Å². The first-order valence-corrected chi connectivity index (χ1v) is 9.72. The molecule has 31 heavy (non-hydrogen) atoms. The lowest BCUT2D eigenvalue weighted by Gasteiger charge is -2.27. The summed E-state index contributed by atoms with van der Waals surface area (Å²) in [5.74, 6) is -1.43. The highest BCUT2D eigenvalue weighted by atomic mass is 35.5. The fourth-order valence-corrected chi connectivity index (χ4v) is 3.60. The van der Waals surface area contributed by atoms with Crippen LogP contribution in [0.1, 0.15) is 29.0 Å². The molecular weight excluding hydrogens is 439 g/mol. The maximum Gasteiger partial charge on any atom is 0.417 e. The van der Waals surface area contributed by atoms with Gasteiger partial charge in [-0.1, -0.05) is 11.6 Å². The maximum absolute atomic E-state index is 13.0. The van der Waals surface area contributed by atoms with Crippen molar-refractivity contribution >= 4 is 35.0 Å². The van der Waals surface area contributed by atoms with Crippen LogP contribution in [0.15, 0.2) is 41.0 Å². The molecule has 1 aromatic carbocycles. The molecule has 166 valence electrons. The predicted molar refractivity (Wildman–Crippen MR) is 105 cm³/mol. The topological polar surface area (TPSA) is 82.9 Å². The number of furan rings is 1. The SMILES string of the molecule is CN(CC(=O)Nc1ccc(Cl)c(C(F)(F)F)c1)C(=O)C1CCCN1C(=O)c1ccco1. The van der Waals surface area contributed by atoms with Gasteiger partial charge in [-0.3, -0.25) is 14.4 Å². The van der Waals surface area contributed by atoms with Gasteiger partial charge in [0.05, 0.1) is 23.4 Å². The summed E-state index contributed by atoms with van der Waals surface area (Å²) in [6.07, 6.45) is -2.26. The van der Waals surface area contributed by atoms with Crippen LogP contribution in [0.2, 0.25) is 5.02 Å². The summed E-state index contributed by atoms with van der Waals surface area (Å²) in [7, 11) is 1.39. The summed E-state index contributed by atoms with van der Waals surface area (Å²) in [5, 5.41) is 1.84. The molecule has 1 unspecified atom stereocenters. The molecule has 1 saturated heterocycles. The van der Waals surface area contributed by atoms with E-state index in [2.05, 4.69) is 5.32 Å². The molecule has 0 bridgehead atoms. The molecule has 1 atom stereocenters. The minimum absolute atomic E-state index is 0.0990. The van der Waals surface area contributed by atoms with E-state index in [0.717, 1.165) is 17.0 Å². The molecule has 0 aliphatic carbocycles. The highest BCUT2D eigenvalue weighted by molar-refractivity contribution is 6.31. The number of hydrogen-bond acceptors (Lipinski definition) is 4. The Hall–Kier alpha value is -3.01. The average Bonchev–Trinajstić information content (AvgIpc) is 3.39. The minimum atomic E-state index is -4.67. The van der Waals surface area contributed by atoms with Gasteiger partial charge in [0.1, 0.15) is 6.04 Å². The fourth-order valence-electron chi connectivity index (χ4n) is 3.38. The second-order valence-electron chi connectivity index (χ2n) is 7.07. The van der Waals surface area contributed by atoms with Crippen molar-refractivity contribution in [3.05, 3.63) is 52.9 Å². The second-order valence-corrected chi connectivity index (χ2v) is 7.48. The lowest BCUT2D eigenvalue weighted by Crippen LogP contribution is -2.48. The molecule has 1 aliphatic heterocycles. The van der Waals surface area contributed by atoms with Gasteiger partial charge in [0, 0.05) is 19.3 Å². The standard InChI is InChI=1S/C20H19ClF3N3O4/c1-26(11-17(28)25-12-6-7-14(21)13(10-12)20(22,23)24)18(29)15-4-2-8-27(15)19(30)16-5-3-9-31-16/h3,5-7,9-10,15H,2,4,8,11H2,1H3,(H,25,28). The first-order valence-electron chi connectivity index (χ1n) is 9.34. The Morgan fingerprint density at radius 2 is 2.03 bits per heavy atom. The van der Waals surface area contributed by atoms with E-state index in [-0.39, 0.29) is 11.4 Å². The molecule has 1 N–H and O–H groups in total. The quantitative estimate of drug-likeness (QED) is 0.743. The average molecular weight is 458 g/mol. The van der Waals surface area contributed by atoms with Gasteiger partial charge in [-0.05, 0) is 43.2 Å². The molecule has 0 saturated carbocycles. The molecule has 0 spiro atoms. The fraction of sp³-hybridized carbons (Fsp3) is 0.350. The Morgan fingerprint density at radius 3 is 2.68 bits per heavy atom. The molecule has 3 rings (SSSR count). The third-order valence-corrected chi connectivity index (χ3v) is 5.17. The molecule has 11 heteroatoms. The van der Waals surface area contributed by atoms with Crippen LogP contribution in [0.3, 0.4) is 0 Å². The third-order valence-electron chi connectivity index (χ3n) is 4.84. The van der Waals surface area contributed by atoms with E-state index in [1.807, 2.05) is 0 Å². The summed E-state index contributed by atoms with van der Waals surface area (Å²) in [6, 6.07) is 5.31. The van der Waals surface area contributed by atoms with Crippen LogP contribution < -0.4 is 5.32 Å². The van der Waals surface area contributed by atoms with Crippen molar-refractivity contribution in [3.8, 4) is 0 Å². The van der Waals surface area contributed by atoms with Gasteiger partial charge < -0.3 is 19.5 Å². The molecule has 2 aromatic rings. The van der Waals surface area contributed by atoms with Gasteiger partial charge in [-0.2, -0.15) is 13.2 Å². The van der Waals surface area contributed by atoms with Crippen molar-refractivity contribution in [3.63, 3.8) is 0 Å². The predicted octanol–water partition coefficient (Wildman–Crippen LogP) is 3.65. The third kappa shape index (κ3) is 5.19. The van der Waals surface area contributed by atoms with Gasteiger partial charge in [-0.25, -0.2) is 0 Å². The van der Waals surface area contributed by atoms with Crippen molar-refractivity contribution in [2.45, 2.75) is 25.1 Å². The molecular formula is C20H19ClF3N3O4. The van der Waals surface area contributed by atoms with Gasteiger partial charge in [0.25, 0.3) is 5.91 Å². The zero-order chi connectivity index (χ0) is 22.8. The number of nitrogens with one attached hydrogen (secondary N) is 1. The summed E-state index contributed by atoms with van der Waals surface area (Å²) in [5.41, 5.74) is -1.17. The number of hydrogen-bond donors (Lipinski definition) is 1. The normalized spacial score (nSPS) is 16.3. The molecule has 0 radical (unpaired) electrons. The molecule has 2 heterocycles. The van der Waals surface area contributed by atoms with Crippen molar-refractivity contribution in [2.75, 3.05) is 25.5 Å². The summed E-state index contributed by atoms with van der Waals surface area (Å²) < 4.78 is 44.0. The number of carbonyl (C=O) groups excluding carboxylic acids is 3. The Balaban J connectivity index is 1.63. The van der Waals surface area contributed by atoms with Crippen molar-refractivity contribution in [1.82, 2.24) is 9.80 Å². The van der Waals surface area contributed by atoms with E-state index >= 15 is 0 Å². The molecule has 7 nitrogen and oxygen atoms in total. The van der Waals surface area contributed by atoms with Crippen LogP contribution in [0.25, 0.3) is 0 Å². The summed E-state index contributed by atoms with van der Waals surface area (Å²) >= 11 is 5.57. The van der Waals surface area contributed by atoms with Crippen LogP contribution in [-0.4, -0.2) is 53.7 Å². The Labute approximate surface area is 180 Å². The zero-order valence-electron chi connectivity index (χ0n) is 16.4. The largest absolute Gasteiger partial charge is 0.459 e. The number of halogens is 4. The Bertz CT molecular complexity index is 979. The zero-order valence-corrected chi connectivity index (χ0v) is 17.2. The lowest BCUT2D eigenvalue weighted by atomic mass is 10.2. The molecule has 3 amide bonds. The van der Waals surface area contributed by atoms with Crippen LogP contribution >= 0.6 is 11.6 Å². The smallest absolute Gasteiger partial charge is 0.417 e. The molecule has 1 aromatic heterocycles. The number of amides is 3. The van der Waals surface area contributed by atoms with Gasteiger partial charge in [0.2, 0.25) is 11.8 Å². The van der Waals surface area contributed by atoms with E-state index in [1.165, 1.54) is 30.3 Å². The van der Waals surface area contributed by atoms with Crippen molar-refractivity contribution in [2.24, 2.45) is 0 Å². The Kier molecular flexibility index (Phi) is 6.59. The number of nitrogens with zero attached hydrogens (tertiary/aromatic N) is 2. The summed E-state index contributed by atoms with van der Waals surface area (Å²) in [6.45, 7) is -0.0247. The van der Waals surface area contributed by atoms with Crippen molar-refractivity contribution < 1.29 is 32.0 Å². The van der Waals surface area contributed by atoms with E-state index < -0.39 is 47.1 Å². The number of carbonyl (C=O) groups is 3. The van der Waals surface area contributed by atoms with Crippen LogP contribution in [0.5, 0.6) is 0 Å². The lowest BCUT2D eigenvalue weighted by molar-refractivity contribution is -0.137. The Morgan fingerprint density at radius 1 is 1.29 bits per heavy atom. The first kappa shape index (κ1) is 22.7. The first-order chi connectivity index (χ1) is 14.6. The van der Waals surface area contributed by atoms with Crippen molar-refractivity contribution in [1.29, 1.82) is 0 Å². The van der Waals surface area contributed by atoms with E-state index in [9.17, 15) is 27.6 Å². The minimum Gasteiger partial charge on any atom is -0.459 e. The number of likely N-dealkylation sites (N-methyl/N-ethyl adjacent to an activating group) is 1. The van der Waals surface area contributed by atoms with Gasteiger partial charge in [-0.15, -0.1) is 0 Å². The van der Waals surface area contributed by atoms with Crippen LogP contribution in [0.4, 0.5) is 18.9 Å². The monoisotopic (exact) mass is 457 g/mol. The highest BCUT2D eigenvalue weighted by Gasteiger charge is 2.37. The van der Waals surface area contributed by atoms with Gasteiger partial charge >= 0.3 is 6.18 Å².